The van der Waals surface area contributed by atoms with Crippen molar-refractivity contribution in [2.24, 2.45) is 0 Å². The summed E-state index contributed by atoms with van der Waals surface area (Å²) in [5.41, 5.74) is 1.10. The van der Waals surface area contributed by atoms with Gasteiger partial charge in [0.25, 0.3) is 0 Å². The van der Waals surface area contributed by atoms with E-state index in [-0.39, 0.29) is 6.67 Å². The van der Waals surface area contributed by atoms with Crippen LogP contribution in [0.4, 0.5) is 4.39 Å². The van der Waals surface area contributed by atoms with Crippen LogP contribution in [0.2, 0.25) is 0 Å². The van der Waals surface area contributed by atoms with Crippen molar-refractivity contribution >= 4 is 15.9 Å². The second kappa shape index (κ2) is 6.11. The minimum Gasteiger partial charge on any atom is -0.377 e. The maximum atomic E-state index is 11.7. The highest BCUT2D eigenvalue weighted by Crippen LogP contribution is 2.12. The van der Waals surface area contributed by atoms with Gasteiger partial charge in [-0.15, -0.1) is 0 Å². The second-order valence-electron chi connectivity index (χ2n) is 2.73. The number of alkyl halides is 1. The SMILES string of the molecule is FCCCOCc1cccc(Br)c1. The van der Waals surface area contributed by atoms with Gasteiger partial charge in [-0.05, 0) is 24.1 Å². The summed E-state index contributed by atoms with van der Waals surface area (Å²) in [6.45, 7) is 0.737. The lowest BCUT2D eigenvalue weighted by molar-refractivity contribution is 0.113. The van der Waals surface area contributed by atoms with Crippen molar-refractivity contribution < 1.29 is 9.13 Å². The standard InChI is InChI=1S/C10H12BrFO/c11-10-4-1-3-9(7-10)8-13-6-2-5-12/h1,3-4,7H,2,5-6,8H2. The maximum Gasteiger partial charge on any atom is 0.0916 e. The summed E-state index contributed by atoms with van der Waals surface area (Å²) in [4.78, 5) is 0. The Kier molecular flexibility index (Phi) is 5.01. The third kappa shape index (κ3) is 4.39. The Morgan fingerprint density at radius 2 is 2.23 bits per heavy atom. The number of hydrogen-bond acceptors (Lipinski definition) is 1. The molecule has 0 heterocycles. The van der Waals surface area contributed by atoms with Crippen LogP contribution in [0.3, 0.4) is 0 Å². The van der Waals surface area contributed by atoms with E-state index in [1.807, 2.05) is 24.3 Å². The van der Waals surface area contributed by atoms with E-state index >= 15 is 0 Å². The molecule has 0 aromatic heterocycles. The average molecular weight is 247 g/mol. The Morgan fingerprint density at radius 1 is 1.38 bits per heavy atom. The van der Waals surface area contributed by atoms with E-state index in [2.05, 4.69) is 15.9 Å². The Morgan fingerprint density at radius 3 is 2.92 bits per heavy atom. The molecule has 0 fully saturated rings. The third-order valence-corrected chi connectivity index (χ3v) is 2.07. The minimum atomic E-state index is -0.307. The normalized spacial score (nSPS) is 10.3. The van der Waals surface area contributed by atoms with Crippen molar-refractivity contribution in [3.63, 3.8) is 0 Å². The van der Waals surface area contributed by atoms with E-state index in [1.54, 1.807) is 0 Å². The van der Waals surface area contributed by atoms with E-state index in [1.165, 1.54) is 0 Å². The van der Waals surface area contributed by atoms with Crippen LogP contribution >= 0.6 is 15.9 Å². The van der Waals surface area contributed by atoms with Gasteiger partial charge in [0.1, 0.15) is 0 Å². The number of halogens is 2. The molecule has 3 heteroatoms. The molecule has 1 aromatic rings. The fourth-order valence-corrected chi connectivity index (χ4v) is 1.42. The van der Waals surface area contributed by atoms with Gasteiger partial charge in [0.2, 0.25) is 0 Å². The smallest absolute Gasteiger partial charge is 0.0916 e. The van der Waals surface area contributed by atoms with Gasteiger partial charge in [0.15, 0.2) is 0 Å². The molecule has 0 amide bonds. The van der Waals surface area contributed by atoms with Crippen LogP contribution in [0.5, 0.6) is 0 Å². The summed E-state index contributed by atoms with van der Waals surface area (Å²) in [6.07, 6.45) is 0.480. The predicted octanol–water partition coefficient (Wildman–Crippen LogP) is 3.33. The lowest BCUT2D eigenvalue weighted by atomic mass is 10.2. The Bertz CT molecular complexity index is 252. The highest BCUT2D eigenvalue weighted by atomic mass is 79.9. The first-order valence-electron chi connectivity index (χ1n) is 4.21. The molecule has 0 aliphatic rings. The molecule has 0 saturated heterocycles. The molecule has 72 valence electrons. The molecular formula is C10H12BrFO. The molecular weight excluding hydrogens is 235 g/mol. The van der Waals surface area contributed by atoms with Gasteiger partial charge in [-0.2, -0.15) is 0 Å². The van der Waals surface area contributed by atoms with Crippen LogP contribution in [-0.4, -0.2) is 13.3 Å². The molecule has 0 N–H and O–H groups in total. The Hall–Kier alpha value is -0.410. The zero-order valence-corrected chi connectivity index (χ0v) is 8.89. The molecule has 1 aromatic carbocycles. The average Bonchev–Trinajstić information content (AvgIpc) is 2.13. The van der Waals surface area contributed by atoms with Crippen molar-refractivity contribution in [3.05, 3.63) is 34.3 Å². The first-order chi connectivity index (χ1) is 6.33. The summed E-state index contributed by atoms with van der Waals surface area (Å²) in [5.74, 6) is 0. The number of benzene rings is 1. The summed E-state index contributed by atoms with van der Waals surface area (Å²) in [5, 5.41) is 0. The predicted molar refractivity (Wildman–Crippen MR) is 54.4 cm³/mol. The highest BCUT2D eigenvalue weighted by Gasteiger charge is 1.93. The van der Waals surface area contributed by atoms with Gasteiger partial charge in [-0.3, -0.25) is 4.39 Å². The zero-order chi connectivity index (χ0) is 9.52. The lowest BCUT2D eigenvalue weighted by Crippen LogP contribution is -1.96. The fourth-order valence-electron chi connectivity index (χ4n) is 0.973. The first-order valence-corrected chi connectivity index (χ1v) is 5.00. The molecule has 0 aliphatic carbocycles. The van der Waals surface area contributed by atoms with E-state index < -0.39 is 0 Å². The molecule has 0 radical (unpaired) electrons. The van der Waals surface area contributed by atoms with Crippen molar-refractivity contribution in [1.29, 1.82) is 0 Å². The zero-order valence-electron chi connectivity index (χ0n) is 7.30. The van der Waals surface area contributed by atoms with E-state index in [0.29, 0.717) is 19.6 Å². The van der Waals surface area contributed by atoms with Crippen LogP contribution in [0.15, 0.2) is 28.7 Å². The summed E-state index contributed by atoms with van der Waals surface area (Å²) in [6, 6.07) is 7.90. The lowest BCUT2D eigenvalue weighted by Gasteiger charge is -2.02. The largest absolute Gasteiger partial charge is 0.377 e. The van der Waals surface area contributed by atoms with Gasteiger partial charge in [-0.1, -0.05) is 28.1 Å². The van der Waals surface area contributed by atoms with Crippen LogP contribution in [0.1, 0.15) is 12.0 Å². The van der Waals surface area contributed by atoms with Gasteiger partial charge in [-0.25, -0.2) is 0 Å². The van der Waals surface area contributed by atoms with Crippen LogP contribution < -0.4 is 0 Å². The molecule has 1 rings (SSSR count). The minimum absolute atomic E-state index is 0.307. The van der Waals surface area contributed by atoms with Crippen LogP contribution in [-0.2, 0) is 11.3 Å². The Labute approximate surface area is 86.0 Å². The van der Waals surface area contributed by atoms with Crippen LogP contribution in [0.25, 0.3) is 0 Å². The second-order valence-corrected chi connectivity index (χ2v) is 3.64. The Balaban J connectivity index is 2.28. The maximum absolute atomic E-state index is 11.7. The van der Waals surface area contributed by atoms with E-state index in [9.17, 15) is 4.39 Å². The van der Waals surface area contributed by atoms with Crippen molar-refractivity contribution in [3.8, 4) is 0 Å². The number of ether oxygens (including phenoxy) is 1. The topological polar surface area (TPSA) is 9.23 Å². The summed E-state index contributed by atoms with van der Waals surface area (Å²) < 4.78 is 18.0. The quantitative estimate of drug-likeness (QED) is 0.725. The van der Waals surface area contributed by atoms with Gasteiger partial charge in [0, 0.05) is 11.1 Å². The first kappa shape index (κ1) is 10.7. The van der Waals surface area contributed by atoms with E-state index in [4.69, 9.17) is 4.74 Å². The third-order valence-electron chi connectivity index (χ3n) is 1.58. The van der Waals surface area contributed by atoms with Gasteiger partial charge >= 0.3 is 0 Å². The molecule has 1 nitrogen and oxygen atoms in total. The summed E-state index contributed by atoms with van der Waals surface area (Å²) in [7, 11) is 0. The molecule has 13 heavy (non-hydrogen) atoms. The van der Waals surface area contributed by atoms with Gasteiger partial charge < -0.3 is 4.74 Å². The molecule has 0 spiro atoms. The van der Waals surface area contributed by atoms with E-state index in [0.717, 1.165) is 10.0 Å². The summed E-state index contributed by atoms with van der Waals surface area (Å²) >= 11 is 3.37. The molecule has 0 atom stereocenters. The van der Waals surface area contributed by atoms with Gasteiger partial charge in [0.05, 0.1) is 13.3 Å². The number of hydrogen-bond donors (Lipinski definition) is 0. The fraction of sp³-hybridized carbons (Fsp3) is 0.400. The van der Waals surface area contributed by atoms with Crippen molar-refractivity contribution in [1.82, 2.24) is 0 Å². The molecule has 0 unspecified atom stereocenters. The monoisotopic (exact) mass is 246 g/mol. The number of rotatable bonds is 5. The molecule has 0 aliphatic heterocycles. The molecule has 0 bridgehead atoms. The molecule has 0 saturated carbocycles. The highest BCUT2D eigenvalue weighted by molar-refractivity contribution is 9.10. The van der Waals surface area contributed by atoms with Crippen molar-refractivity contribution in [2.45, 2.75) is 13.0 Å². The van der Waals surface area contributed by atoms with Crippen LogP contribution in [0, 0.1) is 0 Å². The van der Waals surface area contributed by atoms with Crippen molar-refractivity contribution in [2.75, 3.05) is 13.3 Å².